The minimum Gasteiger partial charge on any atom is -0.497 e. The molecule has 2 atom stereocenters. The molecule has 1 aliphatic heterocycles. The van der Waals surface area contributed by atoms with Crippen molar-refractivity contribution in [2.24, 2.45) is 11.8 Å². The number of aryl methyl sites for hydroxylation is 1. The Labute approximate surface area is 141 Å². The fourth-order valence-corrected chi connectivity index (χ4v) is 4.43. The van der Waals surface area contributed by atoms with E-state index in [1.165, 1.54) is 62.7 Å². The Morgan fingerprint density at radius 3 is 2.74 bits per heavy atom. The van der Waals surface area contributed by atoms with Gasteiger partial charge in [0.05, 0.1) is 7.11 Å². The van der Waals surface area contributed by atoms with E-state index in [4.69, 9.17) is 4.74 Å². The Hall–Kier alpha value is -1.06. The van der Waals surface area contributed by atoms with Crippen LogP contribution in [0.5, 0.6) is 5.75 Å². The van der Waals surface area contributed by atoms with E-state index in [0.717, 1.165) is 24.1 Å². The number of hydrogen-bond donors (Lipinski definition) is 2. The maximum Gasteiger partial charge on any atom is 0.119 e. The summed E-state index contributed by atoms with van der Waals surface area (Å²) in [6.45, 7) is 5.79. The van der Waals surface area contributed by atoms with Crippen LogP contribution < -0.4 is 15.4 Å². The van der Waals surface area contributed by atoms with Crippen LogP contribution in [-0.2, 0) is 12.8 Å². The van der Waals surface area contributed by atoms with Gasteiger partial charge in [-0.1, -0.05) is 13.0 Å². The first kappa shape index (κ1) is 16.8. The molecular weight excluding hydrogens is 284 g/mol. The van der Waals surface area contributed by atoms with Crippen molar-refractivity contribution in [2.75, 3.05) is 26.7 Å². The Balaban J connectivity index is 1.73. The van der Waals surface area contributed by atoms with E-state index in [0.29, 0.717) is 6.04 Å². The summed E-state index contributed by atoms with van der Waals surface area (Å²) in [7, 11) is 1.77. The Kier molecular flexibility index (Phi) is 5.96. The number of fused-ring (bicyclic) bond motifs is 1. The third-order valence-corrected chi connectivity index (χ3v) is 5.71. The number of ether oxygens (including phenoxy) is 1. The molecule has 128 valence electrons. The Morgan fingerprint density at radius 1 is 1.17 bits per heavy atom. The van der Waals surface area contributed by atoms with Crippen molar-refractivity contribution >= 4 is 0 Å². The highest BCUT2D eigenvalue weighted by Crippen LogP contribution is 2.34. The van der Waals surface area contributed by atoms with E-state index < -0.39 is 0 Å². The molecule has 0 spiro atoms. The van der Waals surface area contributed by atoms with Crippen LogP contribution in [0.2, 0.25) is 0 Å². The van der Waals surface area contributed by atoms with Crippen molar-refractivity contribution in [1.82, 2.24) is 10.6 Å². The van der Waals surface area contributed by atoms with E-state index in [1.54, 1.807) is 7.11 Å². The minimum atomic E-state index is 0.677. The third kappa shape index (κ3) is 4.07. The van der Waals surface area contributed by atoms with Crippen molar-refractivity contribution in [2.45, 2.75) is 51.5 Å². The first-order valence-corrected chi connectivity index (χ1v) is 9.41. The third-order valence-electron chi connectivity index (χ3n) is 5.71. The molecule has 1 aliphatic carbocycles. The summed E-state index contributed by atoms with van der Waals surface area (Å²) >= 11 is 0. The molecular formula is C20H32N2O. The van der Waals surface area contributed by atoms with Crippen LogP contribution in [0.3, 0.4) is 0 Å². The molecule has 1 saturated heterocycles. The predicted octanol–water partition coefficient (Wildman–Crippen LogP) is 3.17. The molecule has 2 unspecified atom stereocenters. The fourth-order valence-electron chi connectivity index (χ4n) is 4.43. The quantitative estimate of drug-likeness (QED) is 0.846. The van der Waals surface area contributed by atoms with Gasteiger partial charge < -0.3 is 15.4 Å². The number of methoxy groups -OCH3 is 1. The van der Waals surface area contributed by atoms with Crippen LogP contribution in [0.25, 0.3) is 0 Å². The summed E-state index contributed by atoms with van der Waals surface area (Å²) in [5.74, 6) is 2.61. The Bertz CT molecular complexity index is 496. The van der Waals surface area contributed by atoms with Gasteiger partial charge in [-0.2, -0.15) is 0 Å². The molecule has 1 aromatic carbocycles. The summed E-state index contributed by atoms with van der Waals surface area (Å²) < 4.78 is 5.43. The molecule has 1 aromatic rings. The normalized spacial score (nSPS) is 23.3. The van der Waals surface area contributed by atoms with Crippen LogP contribution in [0.15, 0.2) is 18.2 Å². The molecule has 1 fully saturated rings. The van der Waals surface area contributed by atoms with Crippen LogP contribution in [-0.4, -0.2) is 32.8 Å². The maximum atomic E-state index is 5.43. The summed E-state index contributed by atoms with van der Waals surface area (Å²) in [6, 6.07) is 7.32. The summed E-state index contributed by atoms with van der Waals surface area (Å²) in [6.07, 6.45) is 7.62. The predicted molar refractivity (Wildman–Crippen MR) is 96.2 cm³/mol. The molecule has 0 saturated carbocycles. The average Bonchev–Trinajstić information content (AvgIpc) is 2.62. The fraction of sp³-hybridized carbons (Fsp3) is 0.700. The number of piperidine rings is 1. The van der Waals surface area contributed by atoms with Gasteiger partial charge in [0.25, 0.3) is 0 Å². The highest BCUT2D eigenvalue weighted by atomic mass is 16.5. The smallest absolute Gasteiger partial charge is 0.119 e. The second-order valence-corrected chi connectivity index (χ2v) is 7.20. The molecule has 0 aromatic heterocycles. The second-order valence-electron chi connectivity index (χ2n) is 7.20. The highest BCUT2D eigenvalue weighted by molar-refractivity contribution is 5.37. The molecule has 1 heterocycles. The van der Waals surface area contributed by atoms with Gasteiger partial charge in [0.1, 0.15) is 5.75 Å². The van der Waals surface area contributed by atoms with Gasteiger partial charge in [0.2, 0.25) is 0 Å². The van der Waals surface area contributed by atoms with Gasteiger partial charge in [-0.15, -0.1) is 0 Å². The SMILES string of the molecule is CCCNC(C1CCNCC1)C1CCc2ccc(OC)cc2C1. The molecule has 3 heteroatoms. The first-order valence-electron chi connectivity index (χ1n) is 9.41. The van der Waals surface area contributed by atoms with E-state index in [2.05, 4.69) is 35.8 Å². The minimum absolute atomic E-state index is 0.677. The van der Waals surface area contributed by atoms with Gasteiger partial charge in [-0.25, -0.2) is 0 Å². The molecule has 23 heavy (non-hydrogen) atoms. The number of nitrogens with one attached hydrogen (secondary N) is 2. The molecule has 2 aliphatic rings. The number of rotatable bonds is 6. The van der Waals surface area contributed by atoms with Crippen LogP contribution in [0, 0.1) is 11.8 Å². The van der Waals surface area contributed by atoms with Crippen molar-refractivity contribution in [3.05, 3.63) is 29.3 Å². The largest absolute Gasteiger partial charge is 0.497 e. The first-order chi connectivity index (χ1) is 11.3. The lowest BCUT2D eigenvalue weighted by Gasteiger charge is -2.39. The average molecular weight is 316 g/mol. The molecule has 3 nitrogen and oxygen atoms in total. The van der Waals surface area contributed by atoms with Crippen molar-refractivity contribution in [3.63, 3.8) is 0 Å². The number of hydrogen-bond acceptors (Lipinski definition) is 3. The van der Waals surface area contributed by atoms with E-state index >= 15 is 0 Å². The second kappa shape index (κ2) is 8.16. The van der Waals surface area contributed by atoms with Gasteiger partial charge in [-0.05, 0) is 93.3 Å². The van der Waals surface area contributed by atoms with Crippen molar-refractivity contribution in [1.29, 1.82) is 0 Å². The zero-order chi connectivity index (χ0) is 16.1. The van der Waals surface area contributed by atoms with Crippen molar-refractivity contribution < 1.29 is 4.74 Å². The molecule has 0 radical (unpaired) electrons. The van der Waals surface area contributed by atoms with Crippen LogP contribution in [0.4, 0.5) is 0 Å². The summed E-state index contributed by atoms with van der Waals surface area (Å²) in [5, 5.41) is 7.42. The van der Waals surface area contributed by atoms with Gasteiger partial charge in [0, 0.05) is 6.04 Å². The van der Waals surface area contributed by atoms with E-state index in [1.807, 2.05) is 0 Å². The maximum absolute atomic E-state index is 5.43. The zero-order valence-corrected chi connectivity index (χ0v) is 14.7. The topological polar surface area (TPSA) is 33.3 Å². The molecule has 2 N–H and O–H groups in total. The molecule has 0 bridgehead atoms. The van der Waals surface area contributed by atoms with E-state index in [9.17, 15) is 0 Å². The highest BCUT2D eigenvalue weighted by Gasteiger charge is 2.32. The molecule has 0 amide bonds. The van der Waals surface area contributed by atoms with Crippen LogP contribution >= 0.6 is 0 Å². The van der Waals surface area contributed by atoms with Crippen molar-refractivity contribution in [3.8, 4) is 5.75 Å². The standard InChI is InChI=1S/C20H32N2O/c1-3-10-22-20(16-8-11-21-12-9-16)17-5-4-15-6-7-19(23-2)14-18(15)13-17/h6-7,14,16-17,20-22H,3-5,8-13H2,1-2H3. The van der Waals surface area contributed by atoms with Crippen LogP contribution in [0.1, 0.15) is 43.7 Å². The lowest BCUT2D eigenvalue weighted by Crippen LogP contribution is -2.47. The summed E-state index contributed by atoms with van der Waals surface area (Å²) in [5.41, 5.74) is 3.04. The van der Waals surface area contributed by atoms with Gasteiger partial charge >= 0.3 is 0 Å². The van der Waals surface area contributed by atoms with E-state index in [-0.39, 0.29) is 0 Å². The lowest BCUT2D eigenvalue weighted by atomic mass is 9.74. The van der Waals surface area contributed by atoms with Gasteiger partial charge in [-0.3, -0.25) is 0 Å². The zero-order valence-electron chi connectivity index (χ0n) is 14.7. The monoisotopic (exact) mass is 316 g/mol. The van der Waals surface area contributed by atoms with Gasteiger partial charge in [0.15, 0.2) is 0 Å². The Morgan fingerprint density at radius 2 is 2.00 bits per heavy atom. The summed E-state index contributed by atoms with van der Waals surface area (Å²) in [4.78, 5) is 0. The lowest BCUT2D eigenvalue weighted by molar-refractivity contribution is 0.199. The molecule has 3 rings (SSSR count). The number of benzene rings is 1.